The summed E-state index contributed by atoms with van der Waals surface area (Å²) in [5, 5.41) is 10.5. The van der Waals surface area contributed by atoms with Gasteiger partial charge in [0.15, 0.2) is 12.2 Å². The Balaban J connectivity index is 5.10. The standard InChI is InChI=1S/C63H122O17P2/c1-6-9-12-15-16-17-18-19-20-24-27-30-33-38-42-47-61(66)74-53-59(80-63(68)49-44-39-34-31-28-25-22-21-23-26-29-32-37-40-45-56(4)5)55-78-82(71,72)76-51-57(64)50-75-81(69,70)77-54-58(79-62(67)48-43-36-14-11-8-3)52-73-60(65)46-41-35-13-10-7-2/h56-59,64H,6-55H2,1-5H3,(H,69,70)(H,71,72)/t57-,58+,59+/m0/s1. The van der Waals surface area contributed by atoms with Gasteiger partial charge in [-0.15, -0.1) is 0 Å². The highest BCUT2D eigenvalue weighted by molar-refractivity contribution is 7.47. The lowest BCUT2D eigenvalue weighted by Crippen LogP contribution is -2.30. The second-order valence-electron chi connectivity index (χ2n) is 23.3. The summed E-state index contributed by atoms with van der Waals surface area (Å²) >= 11 is 0. The van der Waals surface area contributed by atoms with E-state index in [2.05, 4.69) is 34.6 Å². The van der Waals surface area contributed by atoms with E-state index < -0.39 is 97.5 Å². The molecule has 0 bridgehead atoms. The van der Waals surface area contributed by atoms with Crippen LogP contribution < -0.4 is 0 Å². The molecular formula is C63H122O17P2. The first-order chi connectivity index (χ1) is 39.5. The Morgan fingerprint density at radius 2 is 0.561 bits per heavy atom. The van der Waals surface area contributed by atoms with Gasteiger partial charge in [0.25, 0.3) is 0 Å². The number of phosphoric acid groups is 2. The molecule has 2 unspecified atom stereocenters. The highest BCUT2D eigenvalue weighted by atomic mass is 31.2. The lowest BCUT2D eigenvalue weighted by Gasteiger charge is -2.21. The van der Waals surface area contributed by atoms with E-state index in [-0.39, 0.29) is 25.7 Å². The molecule has 0 saturated heterocycles. The van der Waals surface area contributed by atoms with Gasteiger partial charge in [-0.1, -0.05) is 266 Å². The Labute approximate surface area is 498 Å². The van der Waals surface area contributed by atoms with Gasteiger partial charge in [0.05, 0.1) is 26.4 Å². The van der Waals surface area contributed by atoms with Crippen LogP contribution in [0.2, 0.25) is 0 Å². The number of aliphatic hydroxyl groups excluding tert-OH is 1. The summed E-state index contributed by atoms with van der Waals surface area (Å²) in [7, 11) is -9.86. The van der Waals surface area contributed by atoms with Gasteiger partial charge >= 0.3 is 39.5 Å². The zero-order valence-electron chi connectivity index (χ0n) is 52.6. The average molecular weight is 1210 g/mol. The van der Waals surface area contributed by atoms with E-state index in [4.69, 9.17) is 37.0 Å². The van der Waals surface area contributed by atoms with Crippen molar-refractivity contribution in [3.63, 3.8) is 0 Å². The lowest BCUT2D eigenvalue weighted by atomic mass is 10.0. The van der Waals surface area contributed by atoms with Crippen molar-refractivity contribution in [2.75, 3.05) is 39.6 Å². The fourth-order valence-electron chi connectivity index (χ4n) is 9.41. The molecule has 0 radical (unpaired) electrons. The minimum atomic E-state index is -4.94. The summed E-state index contributed by atoms with van der Waals surface area (Å²) in [6.45, 7) is 7.03. The maximum absolute atomic E-state index is 13.0. The Bertz CT molecular complexity index is 1600. The van der Waals surface area contributed by atoms with Crippen molar-refractivity contribution in [2.24, 2.45) is 5.92 Å². The molecule has 0 amide bonds. The van der Waals surface area contributed by atoms with E-state index in [0.29, 0.717) is 25.7 Å². The normalized spacial score (nSPS) is 14.3. The second-order valence-corrected chi connectivity index (χ2v) is 26.2. The Kier molecular flexibility index (Phi) is 55.5. The van der Waals surface area contributed by atoms with Gasteiger partial charge < -0.3 is 33.8 Å². The topological polar surface area (TPSA) is 237 Å². The van der Waals surface area contributed by atoms with Crippen LogP contribution in [0.15, 0.2) is 0 Å². The number of hydrogen-bond acceptors (Lipinski definition) is 15. The molecule has 5 atom stereocenters. The van der Waals surface area contributed by atoms with E-state index in [0.717, 1.165) is 102 Å². The quantitative estimate of drug-likeness (QED) is 0.0222. The molecule has 0 heterocycles. The van der Waals surface area contributed by atoms with E-state index in [9.17, 15) is 43.2 Å². The van der Waals surface area contributed by atoms with Crippen LogP contribution in [0.4, 0.5) is 0 Å². The first-order valence-corrected chi connectivity index (χ1v) is 36.1. The minimum absolute atomic E-state index is 0.0989. The number of ether oxygens (including phenoxy) is 4. The third-order valence-corrected chi connectivity index (χ3v) is 16.4. The fraction of sp³-hybridized carbons (Fsp3) is 0.937. The number of aliphatic hydroxyl groups is 1. The number of rotatable bonds is 63. The van der Waals surface area contributed by atoms with Gasteiger partial charge in [0, 0.05) is 25.7 Å². The van der Waals surface area contributed by atoms with Crippen LogP contribution in [0.3, 0.4) is 0 Å². The van der Waals surface area contributed by atoms with Crippen LogP contribution in [0.1, 0.15) is 317 Å². The molecule has 0 spiro atoms. The third kappa shape index (κ3) is 57.2. The Hall–Kier alpha value is -1.94. The molecule has 0 aliphatic carbocycles. The fourth-order valence-corrected chi connectivity index (χ4v) is 11.0. The van der Waals surface area contributed by atoms with Gasteiger partial charge in [-0.25, -0.2) is 9.13 Å². The molecule has 82 heavy (non-hydrogen) atoms. The molecule has 0 aromatic carbocycles. The van der Waals surface area contributed by atoms with E-state index in [1.165, 1.54) is 135 Å². The van der Waals surface area contributed by atoms with Crippen molar-refractivity contribution in [3.05, 3.63) is 0 Å². The zero-order valence-corrected chi connectivity index (χ0v) is 54.4. The summed E-state index contributed by atoms with van der Waals surface area (Å²) < 4.78 is 67.5. The monoisotopic (exact) mass is 1210 g/mol. The molecule has 0 fully saturated rings. The van der Waals surface area contributed by atoms with Crippen molar-refractivity contribution < 1.29 is 80.2 Å². The molecule has 0 rings (SSSR count). The SMILES string of the molecule is CCCCCCCCCCCCCCCCCC(=O)OC[C@H](COP(=O)(O)OC[C@@H](O)COP(=O)(O)OC[C@@H](COC(=O)CCCCCCC)OC(=O)CCCCCCC)OC(=O)CCCCCCCCCCCCCCCCC(C)C. The van der Waals surface area contributed by atoms with Gasteiger partial charge in [0.2, 0.25) is 0 Å². The van der Waals surface area contributed by atoms with Crippen LogP contribution in [0.5, 0.6) is 0 Å². The summed E-state index contributed by atoms with van der Waals surface area (Å²) in [5.74, 6) is -1.36. The third-order valence-electron chi connectivity index (χ3n) is 14.5. The predicted molar refractivity (Wildman–Crippen MR) is 326 cm³/mol. The van der Waals surface area contributed by atoms with Crippen LogP contribution in [0, 0.1) is 5.92 Å². The zero-order chi connectivity index (χ0) is 60.6. The van der Waals surface area contributed by atoms with Crippen LogP contribution >= 0.6 is 15.6 Å². The molecule has 486 valence electrons. The highest BCUT2D eigenvalue weighted by Gasteiger charge is 2.30. The summed E-state index contributed by atoms with van der Waals surface area (Å²) in [6, 6.07) is 0. The second kappa shape index (κ2) is 56.8. The summed E-state index contributed by atoms with van der Waals surface area (Å²) in [5.41, 5.74) is 0. The summed E-state index contributed by atoms with van der Waals surface area (Å²) in [4.78, 5) is 71.7. The van der Waals surface area contributed by atoms with E-state index >= 15 is 0 Å². The van der Waals surface area contributed by atoms with Crippen molar-refractivity contribution in [1.29, 1.82) is 0 Å². The number of carbonyl (C=O) groups is 4. The van der Waals surface area contributed by atoms with Gasteiger partial charge in [-0.05, 0) is 31.6 Å². The lowest BCUT2D eigenvalue weighted by molar-refractivity contribution is -0.161. The number of esters is 4. The van der Waals surface area contributed by atoms with Crippen LogP contribution in [-0.4, -0.2) is 96.7 Å². The molecule has 0 aromatic rings. The minimum Gasteiger partial charge on any atom is -0.462 e. The molecular weight excluding hydrogens is 1090 g/mol. The first kappa shape index (κ1) is 80.1. The molecule has 0 aliphatic heterocycles. The molecule has 0 saturated carbocycles. The molecule has 19 heteroatoms. The van der Waals surface area contributed by atoms with Crippen molar-refractivity contribution >= 4 is 39.5 Å². The molecule has 0 aliphatic rings. The number of carbonyl (C=O) groups excluding carboxylic acids is 4. The summed E-state index contributed by atoms with van der Waals surface area (Å²) in [6.07, 6.45) is 41.1. The van der Waals surface area contributed by atoms with E-state index in [1.807, 2.05) is 0 Å². The van der Waals surface area contributed by atoms with Gasteiger partial charge in [0.1, 0.15) is 19.3 Å². The van der Waals surface area contributed by atoms with E-state index in [1.54, 1.807) is 0 Å². The average Bonchev–Trinajstić information content (AvgIpc) is 3.45. The number of hydrogen-bond donors (Lipinski definition) is 3. The van der Waals surface area contributed by atoms with Gasteiger partial charge in [-0.3, -0.25) is 37.3 Å². The smallest absolute Gasteiger partial charge is 0.462 e. The molecule has 0 aromatic heterocycles. The highest BCUT2D eigenvalue weighted by Crippen LogP contribution is 2.45. The van der Waals surface area contributed by atoms with Crippen LogP contribution in [0.25, 0.3) is 0 Å². The number of unbranched alkanes of at least 4 members (excludes halogenated alkanes) is 35. The van der Waals surface area contributed by atoms with Gasteiger partial charge in [-0.2, -0.15) is 0 Å². The van der Waals surface area contributed by atoms with Crippen molar-refractivity contribution in [3.8, 4) is 0 Å². The Morgan fingerprint density at radius 1 is 0.329 bits per heavy atom. The Morgan fingerprint density at radius 3 is 0.829 bits per heavy atom. The first-order valence-electron chi connectivity index (χ1n) is 33.1. The predicted octanol–water partition coefficient (Wildman–Crippen LogP) is 17.4. The maximum Gasteiger partial charge on any atom is 0.472 e. The van der Waals surface area contributed by atoms with Crippen molar-refractivity contribution in [1.82, 2.24) is 0 Å². The number of phosphoric ester groups is 2. The molecule has 3 N–H and O–H groups in total. The maximum atomic E-state index is 13.0. The largest absolute Gasteiger partial charge is 0.472 e. The molecule has 17 nitrogen and oxygen atoms in total. The van der Waals surface area contributed by atoms with Crippen LogP contribution in [-0.2, 0) is 65.4 Å². The van der Waals surface area contributed by atoms with Crippen molar-refractivity contribution in [2.45, 2.75) is 335 Å².